The van der Waals surface area contributed by atoms with Crippen LogP contribution in [0.1, 0.15) is 13.3 Å². The maximum Gasteiger partial charge on any atom is 0.145 e. The highest BCUT2D eigenvalue weighted by Gasteiger charge is 2.03. The number of rotatable bonds is 3. The summed E-state index contributed by atoms with van der Waals surface area (Å²) in [6.07, 6.45) is 8.79. The van der Waals surface area contributed by atoms with Crippen LogP contribution in [0.15, 0.2) is 30.7 Å². The van der Waals surface area contributed by atoms with Gasteiger partial charge < -0.3 is 10.3 Å². The molecule has 0 unspecified atom stereocenters. The van der Waals surface area contributed by atoms with Crippen molar-refractivity contribution in [2.75, 3.05) is 5.73 Å². The van der Waals surface area contributed by atoms with Crippen molar-refractivity contribution in [3.05, 3.63) is 30.7 Å². The first kappa shape index (κ1) is 9.71. The molecule has 0 atom stereocenters. The van der Waals surface area contributed by atoms with Crippen molar-refractivity contribution in [3.63, 3.8) is 0 Å². The third-order valence-electron chi connectivity index (χ3n) is 2.29. The molecule has 0 aliphatic rings. The summed E-state index contributed by atoms with van der Waals surface area (Å²) < 4.78 is 2.06. The van der Waals surface area contributed by atoms with Crippen molar-refractivity contribution < 1.29 is 0 Å². The lowest BCUT2D eigenvalue weighted by Gasteiger charge is -2.00. The molecule has 0 radical (unpaired) electrons. The second-order valence-corrected chi connectivity index (χ2v) is 3.34. The van der Waals surface area contributed by atoms with E-state index in [0.29, 0.717) is 5.82 Å². The van der Waals surface area contributed by atoms with Crippen LogP contribution in [0.25, 0.3) is 11.0 Å². The summed E-state index contributed by atoms with van der Waals surface area (Å²) in [4.78, 5) is 8.17. The first-order chi connectivity index (χ1) is 7.33. The predicted octanol–water partition coefficient (Wildman–Crippen LogP) is 1.98. The zero-order valence-corrected chi connectivity index (χ0v) is 8.72. The number of nitrogen functional groups attached to an aromatic ring is 1. The highest BCUT2D eigenvalue weighted by molar-refractivity contribution is 5.85. The fourth-order valence-electron chi connectivity index (χ4n) is 1.53. The first-order valence-corrected chi connectivity index (χ1v) is 5.03. The second kappa shape index (κ2) is 4.13. The van der Waals surface area contributed by atoms with Crippen molar-refractivity contribution in [3.8, 4) is 0 Å². The van der Waals surface area contributed by atoms with Crippen molar-refractivity contribution in [1.29, 1.82) is 0 Å². The van der Waals surface area contributed by atoms with Gasteiger partial charge in [0.2, 0.25) is 0 Å². The van der Waals surface area contributed by atoms with E-state index in [0.717, 1.165) is 24.0 Å². The predicted molar refractivity (Wildman–Crippen MR) is 61.4 cm³/mol. The Labute approximate surface area is 88.4 Å². The van der Waals surface area contributed by atoms with Crippen LogP contribution in [0, 0.1) is 0 Å². The van der Waals surface area contributed by atoms with Gasteiger partial charge in [-0.05, 0) is 12.5 Å². The van der Waals surface area contributed by atoms with Crippen LogP contribution in [-0.2, 0) is 6.54 Å². The minimum Gasteiger partial charge on any atom is -0.383 e. The third kappa shape index (κ3) is 1.83. The molecule has 0 saturated carbocycles. The average molecular weight is 202 g/mol. The molecule has 0 amide bonds. The number of nitrogens with zero attached hydrogens (tertiary/aromatic N) is 3. The number of hydrogen-bond donors (Lipinski definition) is 1. The fourth-order valence-corrected chi connectivity index (χ4v) is 1.53. The minimum absolute atomic E-state index is 0.540. The summed E-state index contributed by atoms with van der Waals surface area (Å²) in [5, 5.41) is 0.919. The third-order valence-corrected chi connectivity index (χ3v) is 2.29. The zero-order valence-electron chi connectivity index (χ0n) is 8.72. The Morgan fingerprint density at radius 3 is 3.07 bits per heavy atom. The highest BCUT2D eigenvalue weighted by Crippen LogP contribution is 2.17. The largest absolute Gasteiger partial charge is 0.383 e. The normalized spacial score (nSPS) is 11.5. The Hall–Kier alpha value is -1.84. The van der Waals surface area contributed by atoms with Gasteiger partial charge in [-0.25, -0.2) is 9.97 Å². The molecule has 0 fully saturated rings. The van der Waals surface area contributed by atoms with Crippen molar-refractivity contribution in [2.24, 2.45) is 0 Å². The van der Waals surface area contributed by atoms with Crippen molar-refractivity contribution >= 4 is 16.9 Å². The lowest BCUT2D eigenvalue weighted by molar-refractivity contribution is 0.844. The molecule has 2 aromatic heterocycles. The number of anilines is 1. The lowest BCUT2D eigenvalue weighted by atomic mass is 10.4. The number of nitrogens with two attached hydrogens (primary N) is 1. The molecule has 0 aliphatic heterocycles. The topological polar surface area (TPSA) is 56.7 Å². The quantitative estimate of drug-likeness (QED) is 0.774. The van der Waals surface area contributed by atoms with E-state index in [2.05, 4.69) is 33.6 Å². The molecular formula is C11H14N4. The van der Waals surface area contributed by atoms with E-state index in [1.807, 2.05) is 12.3 Å². The van der Waals surface area contributed by atoms with Crippen molar-refractivity contribution in [1.82, 2.24) is 14.5 Å². The van der Waals surface area contributed by atoms with Gasteiger partial charge in [0.1, 0.15) is 17.8 Å². The molecule has 0 aromatic carbocycles. The smallest absolute Gasteiger partial charge is 0.145 e. The van der Waals surface area contributed by atoms with E-state index >= 15 is 0 Å². The first-order valence-electron chi connectivity index (χ1n) is 5.03. The zero-order chi connectivity index (χ0) is 10.7. The van der Waals surface area contributed by atoms with Gasteiger partial charge in [-0.15, -0.1) is 0 Å². The lowest BCUT2D eigenvalue weighted by Crippen LogP contribution is -1.97. The van der Waals surface area contributed by atoms with Crippen LogP contribution in [0.5, 0.6) is 0 Å². The van der Waals surface area contributed by atoms with Gasteiger partial charge in [0.25, 0.3) is 0 Å². The van der Waals surface area contributed by atoms with Crippen LogP contribution in [0.4, 0.5) is 5.82 Å². The summed E-state index contributed by atoms with van der Waals surface area (Å²) in [5.74, 6) is 0.540. The molecule has 0 spiro atoms. The molecule has 0 aliphatic carbocycles. The maximum atomic E-state index is 5.74. The molecule has 15 heavy (non-hydrogen) atoms. The van der Waals surface area contributed by atoms with Crippen LogP contribution in [0.2, 0.25) is 0 Å². The number of fused-ring (bicyclic) bond motifs is 1. The van der Waals surface area contributed by atoms with Gasteiger partial charge in [0.15, 0.2) is 0 Å². The Bertz CT molecular complexity index is 484. The van der Waals surface area contributed by atoms with Gasteiger partial charge in [0, 0.05) is 12.7 Å². The Morgan fingerprint density at radius 1 is 1.40 bits per heavy atom. The minimum atomic E-state index is 0.540. The summed E-state index contributed by atoms with van der Waals surface area (Å²) in [6.45, 7) is 2.94. The van der Waals surface area contributed by atoms with Gasteiger partial charge in [-0.1, -0.05) is 19.1 Å². The SMILES string of the molecule is CC/C=C\Cn1ccc2c(N)ncnc21. The fraction of sp³-hybridized carbons (Fsp3) is 0.273. The summed E-state index contributed by atoms with van der Waals surface area (Å²) in [6, 6.07) is 1.95. The molecular weight excluding hydrogens is 188 g/mol. The van der Waals surface area contributed by atoms with Crippen LogP contribution < -0.4 is 5.73 Å². The molecule has 4 nitrogen and oxygen atoms in total. The molecule has 2 aromatic rings. The highest BCUT2D eigenvalue weighted by atomic mass is 15.1. The molecule has 4 heteroatoms. The van der Waals surface area contributed by atoms with Crippen LogP contribution in [-0.4, -0.2) is 14.5 Å². The monoisotopic (exact) mass is 202 g/mol. The van der Waals surface area contributed by atoms with E-state index in [-0.39, 0.29) is 0 Å². The Balaban J connectivity index is 2.37. The standard InChI is InChI=1S/C11H14N4/c1-2-3-4-6-15-7-5-9-10(12)13-8-14-11(9)15/h3-5,7-8H,2,6H2,1H3,(H2,12,13,14)/b4-3-. The van der Waals surface area contributed by atoms with Crippen LogP contribution in [0.3, 0.4) is 0 Å². The van der Waals surface area contributed by atoms with E-state index < -0.39 is 0 Å². The van der Waals surface area contributed by atoms with Gasteiger partial charge in [-0.3, -0.25) is 0 Å². The molecule has 0 bridgehead atoms. The van der Waals surface area contributed by atoms with E-state index in [1.54, 1.807) is 0 Å². The summed E-state index contributed by atoms with van der Waals surface area (Å²) in [5.41, 5.74) is 6.63. The Morgan fingerprint density at radius 2 is 2.27 bits per heavy atom. The molecule has 2 heterocycles. The molecule has 2 rings (SSSR count). The molecule has 2 N–H and O–H groups in total. The molecule has 0 saturated heterocycles. The van der Waals surface area contributed by atoms with Gasteiger partial charge in [-0.2, -0.15) is 0 Å². The number of aromatic nitrogens is 3. The summed E-state index contributed by atoms with van der Waals surface area (Å²) >= 11 is 0. The molecule has 78 valence electrons. The van der Waals surface area contributed by atoms with Crippen molar-refractivity contribution in [2.45, 2.75) is 19.9 Å². The van der Waals surface area contributed by atoms with Crippen LogP contribution >= 0.6 is 0 Å². The Kier molecular flexibility index (Phi) is 2.67. The number of hydrogen-bond acceptors (Lipinski definition) is 3. The van der Waals surface area contributed by atoms with E-state index in [1.165, 1.54) is 6.33 Å². The van der Waals surface area contributed by atoms with Gasteiger partial charge >= 0.3 is 0 Å². The number of allylic oxidation sites excluding steroid dienone is 2. The summed E-state index contributed by atoms with van der Waals surface area (Å²) in [7, 11) is 0. The average Bonchev–Trinajstić information content (AvgIpc) is 2.64. The maximum absolute atomic E-state index is 5.74. The second-order valence-electron chi connectivity index (χ2n) is 3.34. The van der Waals surface area contributed by atoms with Gasteiger partial charge in [0.05, 0.1) is 5.39 Å². The van der Waals surface area contributed by atoms with E-state index in [9.17, 15) is 0 Å². The van der Waals surface area contributed by atoms with E-state index in [4.69, 9.17) is 5.73 Å².